The van der Waals surface area contributed by atoms with Crippen molar-refractivity contribution in [3.05, 3.63) is 94.2 Å². The zero-order chi connectivity index (χ0) is 26.8. The number of halogens is 1. The second-order valence-electron chi connectivity index (χ2n) is 9.43. The average molecular weight is 531 g/mol. The van der Waals surface area contributed by atoms with Gasteiger partial charge in [0.1, 0.15) is 17.5 Å². The molecule has 194 valence electrons. The van der Waals surface area contributed by atoms with E-state index in [0.29, 0.717) is 34.1 Å². The molecule has 38 heavy (non-hydrogen) atoms. The number of nitrogens with one attached hydrogen (secondary N) is 1. The third-order valence-corrected chi connectivity index (χ3v) is 7.31. The molecule has 3 aromatic carbocycles. The van der Waals surface area contributed by atoms with Crippen molar-refractivity contribution >= 4 is 29.4 Å². The Morgan fingerprint density at radius 1 is 1.08 bits per heavy atom. The largest absolute Gasteiger partial charge is 0.481 e. The lowest BCUT2D eigenvalue weighted by Crippen LogP contribution is -2.17. The van der Waals surface area contributed by atoms with Gasteiger partial charge >= 0.3 is 12.1 Å². The van der Waals surface area contributed by atoms with Crippen LogP contribution < -0.4 is 5.32 Å². The number of aryl methyl sites for hydroxylation is 2. The molecule has 1 aromatic heterocycles. The lowest BCUT2D eigenvalue weighted by Gasteiger charge is -2.23. The van der Waals surface area contributed by atoms with E-state index in [0.717, 1.165) is 40.7 Å². The van der Waals surface area contributed by atoms with Crippen LogP contribution in [0.25, 0.3) is 22.4 Å². The number of carboxylic acids is 1. The van der Waals surface area contributed by atoms with Crippen molar-refractivity contribution in [1.29, 1.82) is 0 Å². The van der Waals surface area contributed by atoms with Crippen LogP contribution >= 0.6 is 11.6 Å². The van der Waals surface area contributed by atoms with Crippen LogP contribution in [0.5, 0.6) is 0 Å². The first-order valence-electron chi connectivity index (χ1n) is 12.5. The molecule has 0 spiro atoms. The van der Waals surface area contributed by atoms with Gasteiger partial charge in [0.05, 0.1) is 5.92 Å². The van der Waals surface area contributed by atoms with Crippen molar-refractivity contribution in [2.75, 3.05) is 5.32 Å². The van der Waals surface area contributed by atoms with Gasteiger partial charge in [0.25, 0.3) is 0 Å². The summed E-state index contributed by atoms with van der Waals surface area (Å²) in [6.45, 7) is 3.47. The van der Waals surface area contributed by atoms with Crippen LogP contribution in [0.1, 0.15) is 54.2 Å². The smallest absolute Gasteiger partial charge is 0.412 e. The van der Waals surface area contributed by atoms with Gasteiger partial charge in [-0.05, 0) is 61.4 Å². The number of aliphatic carboxylic acids is 1. The van der Waals surface area contributed by atoms with E-state index in [1.807, 2.05) is 54.6 Å². The maximum Gasteiger partial charge on any atom is 0.412 e. The Morgan fingerprint density at radius 2 is 1.79 bits per heavy atom. The fourth-order valence-electron chi connectivity index (χ4n) is 4.95. The molecule has 0 radical (unpaired) electrons. The number of carbonyl (C=O) groups excluding carboxylic acids is 1. The molecule has 1 amide bonds. The Hall–Kier alpha value is -4.10. The first-order valence-corrected chi connectivity index (χ1v) is 12.8. The van der Waals surface area contributed by atoms with Crippen LogP contribution in [-0.2, 0) is 16.0 Å². The summed E-state index contributed by atoms with van der Waals surface area (Å²) >= 11 is 6.23. The van der Waals surface area contributed by atoms with Gasteiger partial charge in [-0.15, -0.1) is 0 Å². The molecule has 2 N–H and O–H groups in total. The average Bonchev–Trinajstić information content (AvgIpc) is 3.27. The van der Waals surface area contributed by atoms with E-state index in [1.54, 1.807) is 19.9 Å². The van der Waals surface area contributed by atoms with Crippen molar-refractivity contribution < 1.29 is 24.0 Å². The summed E-state index contributed by atoms with van der Waals surface area (Å²) in [6.07, 6.45) is 1.23. The van der Waals surface area contributed by atoms with Crippen molar-refractivity contribution in [3.63, 3.8) is 0 Å². The highest BCUT2D eigenvalue weighted by Gasteiger charge is 2.26. The maximum absolute atomic E-state index is 12.7. The fraction of sp³-hybridized carbons (Fsp3) is 0.233. The van der Waals surface area contributed by atoms with Crippen LogP contribution in [0.4, 0.5) is 10.5 Å². The highest BCUT2D eigenvalue weighted by atomic mass is 35.5. The second-order valence-corrected chi connectivity index (χ2v) is 9.84. The first kappa shape index (κ1) is 25.5. The molecule has 0 bridgehead atoms. The van der Waals surface area contributed by atoms with Crippen molar-refractivity contribution in [1.82, 2.24) is 5.16 Å². The number of fused-ring (bicyclic) bond motifs is 1. The number of nitrogens with zero attached hydrogens (tertiary/aromatic N) is 1. The summed E-state index contributed by atoms with van der Waals surface area (Å²) in [7, 11) is 0. The minimum Gasteiger partial charge on any atom is -0.481 e. The predicted octanol–water partition coefficient (Wildman–Crippen LogP) is 7.78. The molecule has 2 atom stereocenters. The monoisotopic (exact) mass is 530 g/mol. The molecule has 0 saturated carbocycles. The molecular weight excluding hydrogens is 504 g/mol. The minimum atomic E-state index is -0.766. The van der Waals surface area contributed by atoms with Crippen LogP contribution in [0.2, 0.25) is 5.02 Å². The van der Waals surface area contributed by atoms with E-state index in [2.05, 4.69) is 16.5 Å². The number of aromatic nitrogens is 1. The normalized spacial score (nSPS) is 15.4. The zero-order valence-corrected chi connectivity index (χ0v) is 21.8. The molecule has 1 aliphatic rings. The molecule has 8 heteroatoms. The second kappa shape index (κ2) is 10.7. The Kier molecular flexibility index (Phi) is 7.20. The lowest BCUT2D eigenvalue weighted by molar-refractivity contribution is -0.139. The number of carbonyl (C=O) groups is 2. The molecule has 4 aromatic rings. The molecule has 1 heterocycles. The number of rotatable bonds is 6. The molecule has 2 unspecified atom stereocenters. The van der Waals surface area contributed by atoms with Gasteiger partial charge in [0, 0.05) is 16.1 Å². The van der Waals surface area contributed by atoms with Crippen LogP contribution in [0.15, 0.2) is 71.3 Å². The quantitative estimate of drug-likeness (QED) is 0.264. The maximum atomic E-state index is 12.7. The van der Waals surface area contributed by atoms with Gasteiger partial charge in [0.15, 0.2) is 5.76 Å². The standard InChI is InChI=1S/C30H27ClN2O5/c1-17(23-7-3-4-9-26(23)31)37-30(36)32-27-18(2)38-33-28(27)20-12-10-19(11-13-20)21-14-15-24-22(16-21)6-5-8-25(24)29(34)35/h3-4,7,9-17,25H,5-6,8H2,1-2H3,(H,32,36)(H,34,35). The molecule has 0 fully saturated rings. The minimum absolute atomic E-state index is 0.433. The number of anilines is 1. The topological polar surface area (TPSA) is 102 Å². The summed E-state index contributed by atoms with van der Waals surface area (Å²) in [6, 6.07) is 21.0. The number of carboxylic acid groups (broad SMARTS) is 1. The number of hydrogen-bond donors (Lipinski definition) is 2. The molecule has 1 aliphatic carbocycles. The highest BCUT2D eigenvalue weighted by Crippen LogP contribution is 2.36. The summed E-state index contributed by atoms with van der Waals surface area (Å²) in [5.41, 5.74) is 6.42. The van der Waals surface area contributed by atoms with Crippen molar-refractivity contribution in [3.8, 4) is 22.4 Å². The first-order chi connectivity index (χ1) is 18.3. The molecule has 0 saturated heterocycles. The Morgan fingerprint density at radius 3 is 2.53 bits per heavy atom. The van der Waals surface area contributed by atoms with Gasteiger partial charge in [-0.1, -0.05) is 77.4 Å². The van der Waals surface area contributed by atoms with E-state index in [1.165, 1.54) is 0 Å². The van der Waals surface area contributed by atoms with Gasteiger partial charge in [0.2, 0.25) is 0 Å². The third kappa shape index (κ3) is 5.15. The van der Waals surface area contributed by atoms with Crippen LogP contribution in [-0.4, -0.2) is 22.3 Å². The Labute approximate surface area is 225 Å². The highest BCUT2D eigenvalue weighted by molar-refractivity contribution is 6.31. The van der Waals surface area contributed by atoms with E-state index in [4.69, 9.17) is 20.9 Å². The zero-order valence-electron chi connectivity index (χ0n) is 21.0. The summed E-state index contributed by atoms with van der Waals surface area (Å²) in [5, 5.41) is 17.0. The third-order valence-electron chi connectivity index (χ3n) is 6.96. The molecule has 0 aliphatic heterocycles. The van der Waals surface area contributed by atoms with Gasteiger partial charge in [-0.3, -0.25) is 10.1 Å². The van der Waals surface area contributed by atoms with Crippen molar-refractivity contribution in [2.24, 2.45) is 0 Å². The van der Waals surface area contributed by atoms with E-state index < -0.39 is 24.1 Å². The van der Waals surface area contributed by atoms with Crippen molar-refractivity contribution in [2.45, 2.75) is 45.1 Å². The van der Waals surface area contributed by atoms with Gasteiger partial charge < -0.3 is 14.4 Å². The Bertz CT molecular complexity index is 1500. The van der Waals surface area contributed by atoms with E-state index in [-0.39, 0.29) is 0 Å². The lowest BCUT2D eigenvalue weighted by atomic mass is 9.81. The van der Waals surface area contributed by atoms with Crippen LogP contribution in [0.3, 0.4) is 0 Å². The number of ether oxygens (including phenoxy) is 1. The number of amides is 1. The SMILES string of the molecule is Cc1onc(-c2ccc(-c3ccc4c(c3)CCCC4C(=O)O)cc2)c1NC(=O)OC(C)c1ccccc1Cl. The summed E-state index contributed by atoms with van der Waals surface area (Å²) in [5.74, 6) is -0.748. The van der Waals surface area contributed by atoms with Crippen LogP contribution in [0, 0.1) is 6.92 Å². The fourth-order valence-corrected chi connectivity index (χ4v) is 5.24. The molecule has 7 nitrogen and oxygen atoms in total. The van der Waals surface area contributed by atoms with E-state index >= 15 is 0 Å². The van der Waals surface area contributed by atoms with Gasteiger partial charge in [-0.2, -0.15) is 0 Å². The van der Waals surface area contributed by atoms with Gasteiger partial charge in [-0.25, -0.2) is 4.79 Å². The number of benzene rings is 3. The Balaban J connectivity index is 1.33. The molecule has 5 rings (SSSR count). The number of hydrogen-bond acceptors (Lipinski definition) is 5. The predicted molar refractivity (Wildman–Crippen MR) is 145 cm³/mol. The summed E-state index contributed by atoms with van der Waals surface area (Å²) in [4.78, 5) is 24.3. The van der Waals surface area contributed by atoms with E-state index in [9.17, 15) is 14.7 Å². The molecular formula is C30H27ClN2O5. The summed E-state index contributed by atoms with van der Waals surface area (Å²) < 4.78 is 10.9.